The lowest BCUT2D eigenvalue weighted by Gasteiger charge is -2.26. The third kappa shape index (κ3) is 8.17. The van der Waals surface area contributed by atoms with E-state index >= 15 is 0 Å². The highest BCUT2D eigenvalue weighted by Crippen LogP contribution is 2.29. The van der Waals surface area contributed by atoms with Gasteiger partial charge >= 0.3 is 11.9 Å². The van der Waals surface area contributed by atoms with Gasteiger partial charge in [-0.3, -0.25) is 9.59 Å². The van der Waals surface area contributed by atoms with Crippen LogP contribution in [0.4, 0.5) is 0 Å². The maximum absolute atomic E-state index is 12.2. The highest BCUT2D eigenvalue weighted by atomic mass is 16.6. The first-order valence-electron chi connectivity index (χ1n) is 10.7. The highest BCUT2D eigenvalue weighted by molar-refractivity contribution is 5.72. The Morgan fingerprint density at radius 3 is 2.55 bits per heavy atom. The van der Waals surface area contributed by atoms with E-state index in [0.717, 1.165) is 37.8 Å². The summed E-state index contributed by atoms with van der Waals surface area (Å²) < 4.78 is 12.4. The van der Waals surface area contributed by atoms with Crippen LogP contribution in [0.1, 0.15) is 83.9 Å². The zero-order valence-corrected chi connectivity index (χ0v) is 18.2. The number of unbranched alkanes of at least 4 members (excludes halogenated alkanes) is 1. The molecule has 7 nitrogen and oxygen atoms in total. The fourth-order valence-corrected chi connectivity index (χ4v) is 3.82. The molecule has 1 aliphatic carbocycles. The van der Waals surface area contributed by atoms with Gasteiger partial charge < -0.3 is 19.1 Å². The molecule has 1 fully saturated rings. The van der Waals surface area contributed by atoms with Gasteiger partial charge in [0.1, 0.15) is 5.60 Å². The van der Waals surface area contributed by atoms with Crippen molar-refractivity contribution < 1.29 is 24.2 Å². The van der Waals surface area contributed by atoms with Gasteiger partial charge in [0.2, 0.25) is 0 Å². The van der Waals surface area contributed by atoms with Crippen molar-refractivity contribution in [2.75, 3.05) is 7.11 Å². The zero-order chi connectivity index (χ0) is 21.4. The molecule has 1 N–H and O–H groups in total. The Hall–Kier alpha value is -1.89. The second-order valence-electron chi connectivity index (χ2n) is 9.03. The summed E-state index contributed by atoms with van der Waals surface area (Å²) in [5.74, 6) is -0.712. The molecule has 29 heavy (non-hydrogen) atoms. The Bertz CT molecular complexity index is 656. The van der Waals surface area contributed by atoms with Crippen LogP contribution in [0.25, 0.3) is 0 Å². The number of rotatable bonds is 9. The molecule has 0 aliphatic heterocycles. The Labute approximate surface area is 173 Å². The van der Waals surface area contributed by atoms with Gasteiger partial charge in [-0.25, -0.2) is 4.98 Å². The SMILES string of the molecule is COC(=O)C(CCCCC(=O)OC(C)(C)C)Cc1cn(C2CCC(O)CC2)cn1. The van der Waals surface area contributed by atoms with Crippen molar-refractivity contribution in [3.05, 3.63) is 18.2 Å². The maximum atomic E-state index is 12.2. The molecule has 1 heterocycles. The van der Waals surface area contributed by atoms with Crippen LogP contribution in [0, 0.1) is 5.92 Å². The van der Waals surface area contributed by atoms with Crippen LogP contribution in [-0.2, 0) is 25.5 Å². The summed E-state index contributed by atoms with van der Waals surface area (Å²) in [7, 11) is 1.40. The average Bonchev–Trinajstić information content (AvgIpc) is 3.11. The van der Waals surface area contributed by atoms with Gasteiger partial charge in [-0.15, -0.1) is 0 Å². The van der Waals surface area contributed by atoms with E-state index in [9.17, 15) is 14.7 Å². The van der Waals surface area contributed by atoms with Crippen molar-refractivity contribution in [1.82, 2.24) is 9.55 Å². The number of methoxy groups -OCH3 is 1. The molecule has 0 bridgehead atoms. The molecule has 0 aromatic carbocycles. The van der Waals surface area contributed by atoms with Crippen LogP contribution in [-0.4, -0.2) is 45.4 Å². The lowest BCUT2D eigenvalue weighted by Crippen LogP contribution is -2.23. The van der Waals surface area contributed by atoms with Crippen molar-refractivity contribution in [3.63, 3.8) is 0 Å². The van der Waals surface area contributed by atoms with Gasteiger partial charge in [-0.1, -0.05) is 6.42 Å². The molecule has 1 aliphatic rings. The standard InChI is InChI=1S/C22H36N2O5/c1-22(2,3)29-20(26)8-6-5-7-16(21(27)28-4)13-17-14-24(15-23-17)18-9-11-19(25)12-10-18/h14-16,18-19,25H,5-13H2,1-4H3. The minimum absolute atomic E-state index is 0.182. The average molecular weight is 409 g/mol. The van der Waals surface area contributed by atoms with Crippen molar-refractivity contribution in [1.29, 1.82) is 0 Å². The van der Waals surface area contributed by atoms with Crippen LogP contribution >= 0.6 is 0 Å². The van der Waals surface area contributed by atoms with E-state index in [1.165, 1.54) is 7.11 Å². The van der Waals surface area contributed by atoms with E-state index in [1.807, 2.05) is 33.3 Å². The normalized spacial score (nSPS) is 20.9. The molecule has 164 valence electrons. The van der Waals surface area contributed by atoms with Gasteiger partial charge in [0, 0.05) is 25.1 Å². The topological polar surface area (TPSA) is 90.7 Å². The summed E-state index contributed by atoms with van der Waals surface area (Å²) in [6.45, 7) is 5.56. The van der Waals surface area contributed by atoms with Gasteiger partial charge in [-0.05, 0) is 59.3 Å². The second kappa shape index (κ2) is 10.8. The van der Waals surface area contributed by atoms with Crippen LogP contribution < -0.4 is 0 Å². The Morgan fingerprint density at radius 1 is 1.24 bits per heavy atom. The number of carbonyl (C=O) groups excluding carboxylic acids is 2. The van der Waals surface area contributed by atoms with E-state index in [1.54, 1.807) is 0 Å². The number of aromatic nitrogens is 2. The molecule has 1 aromatic heterocycles. The second-order valence-corrected chi connectivity index (χ2v) is 9.03. The number of aliphatic hydroxyl groups excluding tert-OH is 1. The van der Waals surface area contributed by atoms with E-state index < -0.39 is 5.60 Å². The summed E-state index contributed by atoms with van der Waals surface area (Å²) in [4.78, 5) is 28.5. The third-order valence-corrected chi connectivity index (χ3v) is 5.34. The largest absolute Gasteiger partial charge is 0.469 e. The van der Waals surface area contributed by atoms with Crippen LogP contribution in [0.5, 0.6) is 0 Å². The quantitative estimate of drug-likeness (QED) is 0.496. The smallest absolute Gasteiger partial charge is 0.309 e. The first-order chi connectivity index (χ1) is 13.7. The molecule has 2 rings (SSSR count). The summed E-state index contributed by atoms with van der Waals surface area (Å²) in [5.41, 5.74) is 0.402. The predicted octanol–water partition coefficient (Wildman–Crippen LogP) is 3.59. The van der Waals surface area contributed by atoms with Crippen LogP contribution in [0.3, 0.4) is 0 Å². The third-order valence-electron chi connectivity index (χ3n) is 5.34. The molecular formula is C22H36N2O5. The van der Waals surface area contributed by atoms with E-state index in [0.29, 0.717) is 31.7 Å². The van der Waals surface area contributed by atoms with Crippen LogP contribution in [0.15, 0.2) is 12.5 Å². The minimum Gasteiger partial charge on any atom is -0.469 e. The zero-order valence-electron chi connectivity index (χ0n) is 18.2. The van der Waals surface area contributed by atoms with Crippen molar-refractivity contribution >= 4 is 11.9 Å². The molecule has 1 unspecified atom stereocenters. The summed E-state index contributed by atoms with van der Waals surface area (Å²) in [5, 5.41) is 9.67. The molecular weight excluding hydrogens is 372 g/mol. The Morgan fingerprint density at radius 2 is 1.93 bits per heavy atom. The molecule has 1 atom stereocenters. The van der Waals surface area contributed by atoms with Gasteiger partial charge in [-0.2, -0.15) is 0 Å². The Balaban J connectivity index is 1.83. The summed E-state index contributed by atoms with van der Waals surface area (Å²) >= 11 is 0. The molecule has 7 heteroatoms. The van der Waals surface area contributed by atoms with Gasteiger partial charge in [0.05, 0.1) is 31.2 Å². The molecule has 0 amide bonds. The molecule has 0 spiro atoms. The van der Waals surface area contributed by atoms with E-state index in [4.69, 9.17) is 9.47 Å². The van der Waals surface area contributed by atoms with Crippen molar-refractivity contribution in [3.8, 4) is 0 Å². The predicted molar refractivity (Wildman–Crippen MR) is 109 cm³/mol. The summed E-state index contributed by atoms with van der Waals surface area (Å²) in [6, 6.07) is 0.366. The van der Waals surface area contributed by atoms with Crippen molar-refractivity contribution in [2.24, 2.45) is 5.92 Å². The number of nitrogens with zero attached hydrogens (tertiary/aromatic N) is 2. The molecule has 0 radical (unpaired) electrons. The lowest BCUT2D eigenvalue weighted by molar-refractivity contribution is -0.154. The van der Waals surface area contributed by atoms with Crippen LogP contribution in [0.2, 0.25) is 0 Å². The number of esters is 2. The van der Waals surface area contributed by atoms with Gasteiger partial charge in [0.25, 0.3) is 0 Å². The lowest BCUT2D eigenvalue weighted by atomic mass is 9.93. The summed E-state index contributed by atoms with van der Waals surface area (Å²) in [6.07, 6.45) is 10.2. The number of ether oxygens (including phenoxy) is 2. The first-order valence-corrected chi connectivity index (χ1v) is 10.7. The molecule has 1 saturated carbocycles. The number of imidazole rings is 1. The number of aliphatic hydroxyl groups is 1. The number of hydrogen-bond donors (Lipinski definition) is 1. The highest BCUT2D eigenvalue weighted by Gasteiger charge is 2.24. The maximum Gasteiger partial charge on any atom is 0.309 e. The fraction of sp³-hybridized carbons (Fsp3) is 0.773. The number of carbonyl (C=O) groups is 2. The number of hydrogen-bond acceptors (Lipinski definition) is 6. The molecule has 1 aromatic rings. The van der Waals surface area contributed by atoms with Crippen molar-refractivity contribution in [2.45, 2.75) is 96.3 Å². The fourth-order valence-electron chi connectivity index (χ4n) is 3.82. The van der Waals surface area contributed by atoms with E-state index in [-0.39, 0.29) is 24.0 Å². The molecule has 0 saturated heterocycles. The van der Waals surface area contributed by atoms with Gasteiger partial charge in [0.15, 0.2) is 0 Å². The monoisotopic (exact) mass is 408 g/mol. The first kappa shape index (κ1) is 23.4. The Kier molecular flexibility index (Phi) is 8.68. The van der Waals surface area contributed by atoms with E-state index in [2.05, 4.69) is 9.55 Å². The minimum atomic E-state index is -0.471.